The van der Waals surface area contributed by atoms with Crippen molar-refractivity contribution < 1.29 is 14.3 Å². The highest BCUT2D eigenvalue weighted by atomic mass is 16.5. The topological polar surface area (TPSA) is 47.6 Å². The normalized spacial score (nSPS) is 12.8. The number of methoxy groups -OCH3 is 1. The predicted molar refractivity (Wildman–Crippen MR) is 79.8 cm³/mol. The van der Waals surface area contributed by atoms with Crippen molar-refractivity contribution in [1.29, 1.82) is 0 Å². The molecule has 0 fully saturated rings. The van der Waals surface area contributed by atoms with E-state index in [0.29, 0.717) is 6.61 Å². The van der Waals surface area contributed by atoms with E-state index in [1.54, 1.807) is 0 Å². The summed E-state index contributed by atoms with van der Waals surface area (Å²) >= 11 is 0. The zero-order valence-corrected chi connectivity index (χ0v) is 13.0. The van der Waals surface area contributed by atoms with Crippen LogP contribution in [0.15, 0.2) is 24.3 Å². The number of hydrogen-bond donors (Lipinski definition) is 1. The van der Waals surface area contributed by atoms with Crippen LogP contribution in [0.5, 0.6) is 5.75 Å². The predicted octanol–water partition coefficient (Wildman–Crippen LogP) is 2.94. The standard InChI is InChI=1S/C16H25NO3/c1-6-17-12(2)13-8-7-9-14(10-13)20-11-16(3,4)15(18)19-5/h7-10,12,17H,6,11H2,1-5H3. The van der Waals surface area contributed by atoms with E-state index in [9.17, 15) is 4.79 Å². The molecule has 0 aliphatic carbocycles. The molecule has 0 saturated carbocycles. The van der Waals surface area contributed by atoms with Gasteiger partial charge >= 0.3 is 5.97 Å². The van der Waals surface area contributed by atoms with E-state index < -0.39 is 5.41 Å². The van der Waals surface area contributed by atoms with E-state index in [4.69, 9.17) is 9.47 Å². The Bertz CT molecular complexity index is 443. The van der Waals surface area contributed by atoms with Crippen LogP contribution in [0.25, 0.3) is 0 Å². The van der Waals surface area contributed by atoms with Crippen LogP contribution in [-0.4, -0.2) is 26.2 Å². The lowest BCUT2D eigenvalue weighted by molar-refractivity contribution is -0.152. The largest absolute Gasteiger partial charge is 0.492 e. The van der Waals surface area contributed by atoms with E-state index in [1.165, 1.54) is 12.7 Å². The van der Waals surface area contributed by atoms with Gasteiger partial charge in [0.2, 0.25) is 0 Å². The monoisotopic (exact) mass is 279 g/mol. The highest BCUT2D eigenvalue weighted by molar-refractivity contribution is 5.75. The number of hydrogen-bond acceptors (Lipinski definition) is 4. The summed E-state index contributed by atoms with van der Waals surface area (Å²) in [5.41, 5.74) is 0.512. The van der Waals surface area contributed by atoms with Gasteiger partial charge in [0.05, 0.1) is 12.5 Å². The van der Waals surface area contributed by atoms with Crippen LogP contribution >= 0.6 is 0 Å². The summed E-state index contributed by atoms with van der Waals surface area (Å²) in [5.74, 6) is 0.499. The quantitative estimate of drug-likeness (QED) is 0.780. The van der Waals surface area contributed by atoms with Crippen LogP contribution < -0.4 is 10.1 Å². The maximum atomic E-state index is 11.6. The lowest BCUT2D eigenvalue weighted by Gasteiger charge is -2.22. The lowest BCUT2D eigenvalue weighted by atomic mass is 9.95. The summed E-state index contributed by atoms with van der Waals surface area (Å²) in [7, 11) is 1.39. The second kappa shape index (κ2) is 7.29. The Morgan fingerprint density at radius 1 is 1.40 bits per heavy atom. The average molecular weight is 279 g/mol. The molecule has 0 spiro atoms. The summed E-state index contributed by atoms with van der Waals surface area (Å²) in [5, 5.41) is 3.36. The first-order valence-corrected chi connectivity index (χ1v) is 6.95. The Kier molecular flexibility index (Phi) is 6.02. The molecule has 1 N–H and O–H groups in total. The average Bonchev–Trinajstić information content (AvgIpc) is 2.45. The number of nitrogens with one attached hydrogen (secondary N) is 1. The van der Waals surface area contributed by atoms with Gasteiger partial charge in [-0.3, -0.25) is 4.79 Å². The fourth-order valence-corrected chi connectivity index (χ4v) is 1.90. The number of carbonyl (C=O) groups excluding carboxylic acids is 1. The smallest absolute Gasteiger partial charge is 0.314 e. The molecule has 1 atom stereocenters. The van der Waals surface area contributed by atoms with Crippen molar-refractivity contribution in [1.82, 2.24) is 5.32 Å². The minimum atomic E-state index is -0.655. The van der Waals surface area contributed by atoms with Gasteiger partial charge in [-0.15, -0.1) is 0 Å². The van der Waals surface area contributed by atoms with Crippen LogP contribution in [0.4, 0.5) is 0 Å². The second-order valence-electron chi connectivity index (χ2n) is 5.52. The highest BCUT2D eigenvalue weighted by Crippen LogP contribution is 2.23. The number of benzene rings is 1. The Morgan fingerprint density at radius 2 is 2.10 bits per heavy atom. The van der Waals surface area contributed by atoms with Crippen LogP contribution in [0.1, 0.15) is 39.3 Å². The summed E-state index contributed by atoms with van der Waals surface area (Å²) in [6, 6.07) is 8.20. The zero-order valence-electron chi connectivity index (χ0n) is 13.0. The van der Waals surface area contributed by atoms with Crippen molar-refractivity contribution >= 4 is 5.97 Å². The first-order valence-electron chi connectivity index (χ1n) is 6.95. The molecule has 1 rings (SSSR count). The molecule has 1 aromatic carbocycles. The van der Waals surface area contributed by atoms with Gasteiger partial charge in [0.25, 0.3) is 0 Å². The molecule has 0 amide bonds. The molecular weight excluding hydrogens is 254 g/mol. The first kappa shape index (κ1) is 16.5. The van der Waals surface area contributed by atoms with Gasteiger partial charge in [0, 0.05) is 6.04 Å². The SMILES string of the molecule is CCNC(C)c1cccc(OCC(C)(C)C(=O)OC)c1. The van der Waals surface area contributed by atoms with E-state index in [-0.39, 0.29) is 12.0 Å². The third-order valence-corrected chi connectivity index (χ3v) is 3.21. The molecule has 0 radical (unpaired) electrons. The first-order chi connectivity index (χ1) is 9.40. The summed E-state index contributed by atoms with van der Waals surface area (Å²) in [6.45, 7) is 9.02. The van der Waals surface area contributed by atoms with Crippen molar-refractivity contribution in [3.05, 3.63) is 29.8 Å². The van der Waals surface area contributed by atoms with E-state index >= 15 is 0 Å². The Labute approximate surface area is 121 Å². The van der Waals surface area contributed by atoms with Crippen LogP contribution in [0.2, 0.25) is 0 Å². The van der Waals surface area contributed by atoms with Crippen molar-refractivity contribution in [2.45, 2.75) is 33.7 Å². The van der Waals surface area contributed by atoms with Gasteiger partial charge in [-0.1, -0.05) is 19.1 Å². The molecule has 112 valence electrons. The van der Waals surface area contributed by atoms with Gasteiger partial charge in [0.1, 0.15) is 12.4 Å². The van der Waals surface area contributed by atoms with Gasteiger partial charge < -0.3 is 14.8 Å². The number of rotatable bonds is 7. The van der Waals surface area contributed by atoms with Crippen molar-refractivity contribution in [2.24, 2.45) is 5.41 Å². The van der Waals surface area contributed by atoms with E-state index in [0.717, 1.165) is 12.3 Å². The van der Waals surface area contributed by atoms with Crippen molar-refractivity contribution in [3.8, 4) is 5.75 Å². The lowest BCUT2D eigenvalue weighted by Crippen LogP contribution is -2.32. The molecule has 20 heavy (non-hydrogen) atoms. The maximum Gasteiger partial charge on any atom is 0.314 e. The molecule has 0 heterocycles. The Hall–Kier alpha value is -1.55. The zero-order chi connectivity index (χ0) is 15.2. The second-order valence-corrected chi connectivity index (χ2v) is 5.52. The minimum Gasteiger partial charge on any atom is -0.492 e. The fraction of sp³-hybridized carbons (Fsp3) is 0.562. The minimum absolute atomic E-state index is 0.269. The molecule has 4 nitrogen and oxygen atoms in total. The molecular formula is C16H25NO3. The summed E-state index contributed by atoms with van der Waals surface area (Å²) < 4.78 is 10.5. The number of ether oxygens (including phenoxy) is 2. The molecule has 1 unspecified atom stereocenters. The highest BCUT2D eigenvalue weighted by Gasteiger charge is 2.29. The van der Waals surface area contributed by atoms with Crippen molar-refractivity contribution in [3.63, 3.8) is 0 Å². The summed E-state index contributed by atoms with van der Waals surface area (Å²) in [4.78, 5) is 11.6. The maximum absolute atomic E-state index is 11.6. The van der Waals surface area contributed by atoms with Gasteiger partial charge in [-0.25, -0.2) is 0 Å². The Morgan fingerprint density at radius 3 is 2.70 bits per heavy atom. The molecule has 0 aliphatic rings. The third kappa shape index (κ3) is 4.53. The van der Waals surface area contributed by atoms with E-state index in [2.05, 4.69) is 25.2 Å². The molecule has 0 bridgehead atoms. The third-order valence-electron chi connectivity index (χ3n) is 3.21. The van der Waals surface area contributed by atoms with Gasteiger partial charge in [0.15, 0.2) is 0 Å². The molecule has 0 aliphatic heterocycles. The molecule has 4 heteroatoms. The summed E-state index contributed by atoms with van der Waals surface area (Å²) in [6.07, 6.45) is 0. The molecule has 0 saturated heterocycles. The fourth-order valence-electron chi connectivity index (χ4n) is 1.90. The number of esters is 1. The van der Waals surface area contributed by atoms with E-state index in [1.807, 2.05) is 32.0 Å². The molecule has 0 aromatic heterocycles. The number of carbonyl (C=O) groups is 1. The van der Waals surface area contributed by atoms with Gasteiger partial charge in [-0.05, 0) is 45.0 Å². The van der Waals surface area contributed by atoms with Crippen LogP contribution in [0.3, 0.4) is 0 Å². The van der Waals surface area contributed by atoms with Crippen LogP contribution in [0, 0.1) is 5.41 Å². The van der Waals surface area contributed by atoms with Crippen LogP contribution in [-0.2, 0) is 9.53 Å². The Balaban J connectivity index is 2.69. The van der Waals surface area contributed by atoms with Gasteiger partial charge in [-0.2, -0.15) is 0 Å². The molecule has 1 aromatic rings. The van der Waals surface area contributed by atoms with Crippen molar-refractivity contribution in [2.75, 3.05) is 20.3 Å².